The minimum absolute atomic E-state index is 0.283. The summed E-state index contributed by atoms with van der Waals surface area (Å²) in [6.07, 6.45) is 7.39. The molecule has 1 aliphatic rings. The van der Waals surface area contributed by atoms with Crippen molar-refractivity contribution in [3.63, 3.8) is 0 Å². The van der Waals surface area contributed by atoms with Crippen molar-refractivity contribution in [2.75, 3.05) is 0 Å². The van der Waals surface area contributed by atoms with Crippen molar-refractivity contribution in [1.82, 2.24) is 0 Å². The van der Waals surface area contributed by atoms with Crippen molar-refractivity contribution in [2.45, 2.75) is 36.0 Å². The van der Waals surface area contributed by atoms with Crippen LogP contribution in [0, 0.1) is 0 Å². The Labute approximate surface area is 64.4 Å². The quantitative estimate of drug-likeness (QED) is 0.628. The van der Waals surface area contributed by atoms with Crippen LogP contribution in [-0.4, -0.2) is 19.2 Å². The van der Waals surface area contributed by atoms with Gasteiger partial charge in [0, 0.05) is 0 Å². The second-order valence-corrected chi connectivity index (χ2v) is 7.04. The zero-order valence-electron chi connectivity index (χ0n) is 5.02. The Morgan fingerprint density at radius 3 is 2.12 bits per heavy atom. The van der Waals surface area contributed by atoms with Crippen LogP contribution in [0.4, 0.5) is 0 Å². The van der Waals surface area contributed by atoms with E-state index in [2.05, 4.69) is 0 Å². The summed E-state index contributed by atoms with van der Waals surface area (Å²) in [5.74, 6) is 0. The molecule has 0 unspecified atom stereocenters. The van der Waals surface area contributed by atoms with Gasteiger partial charge in [0.05, 0.1) is 0 Å². The molecular weight excluding hydrogens is 223 g/mol. The van der Waals surface area contributed by atoms with E-state index in [0.717, 1.165) is 3.93 Å². The summed E-state index contributed by atoms with van der Waals surface area (Å²) in [7, 11) is 5.14. The van der Waals surface area contributed by atoms with Crippen LogP contribution >= 0.6 is 9.29 Å². The molecule has 8 heavy (non-hydrogen) atoms. The Balaban J connectivity index is 2.22. The van der Waals surface area contributed by atoms with Crippen LogP contribution < -0.4 is 0 Å². The Kier molecular flexibility index (Phi) is 3.51. The molecule has 1 fully saturated rings. The molecule has 0 heterocycles. The van der Waals surface area contributed by atoms with E-state index in [0.29, 0.717) is 0 Å². The van der Waals surface area contributed by atoms with Crippen molar-refractivity contribution < 1.29 is 0 Å². The SMILES string of the molecule is [S]=[Sn][CH]1CCCCC1. The minimum atomic E-state index is -0.283. The van der Waals surface area contributed by atoms with Gasteiger partial charge in [-0.1, -0.05) is 0 Å². The number of hydrogen-bond acceptors (Lipinski definition) is 1. The van der Waals surface area contributed by atoms with Gasteiger partial charge >= 0.3 is 64.5 Å². The molecule has 0 bridgehead atoms. The summed E-state index contributed by atoms with van der Waals surface area (Å²) in [6, 6.07) is 0. The normalized spacial score (nSPS) is 23.0. The van der Waals surface area contributed by atoms with E-state index in [1.54, 1.807) is 0 Å². The van der Waals surface area contributed by atoms with Crippen LogP contribution in [0.1, 0.15) is 32.1 Å². The van der Waals surface area contributed by atoms with Gasteiger partial charge in [0.1, 0.15) is 0 Å². The van der Waals surface area contributed by atoms with Crippen molar-refractivity contribution in [2.24, 2.45) is 0 Å². The van der Waals surface area contributed by atoms with E-state index in [1.807, 2.05) is 0 Å². The maximum atomic E-state index is 5.14. The average molecular weight is 234 g/mol. The average Bonchev–Trinajstić information content (AvgIpc) is 1.90. The van der Waals surface area contributed by atoms with Crippen molar-refractivity contribution in [3.8, 4) is 0 Å². The first-order chi connectivity index (χ1) is 3.93. The molecule has 0 aromatic heterocycles. The van der Waals surface area contributed by atoms with Gasteiger partial charge in [0.25, 0.3) is 0 Å². The molecule has 1 rings (SSSR count). The van der Waals surface area contributed by atoms with Gasteiger partial charge in [-0.3, -0.25) is 0 Å². The number of rotatable bonds is 1. The fourth-order valence-corrected chi connectivity index (χ4v) is 4.64. The second kappa shape index (κ2) is 3.94. The molecule has 0 saturated heterocycles. The van der Waals surface area contributed by atoms with E-state index in [4.69, 9.17) is 9.29 Å². The van der Waals surface area contributed by atoms with Crippen LogP contribution in [0.3, 0.4) is 0 Å². The van der Waals surface area contributed by atoms with Crippen LogP contribution in [0.2, 0.25) is 3.93 Å². The van der Waals surface area contributed by atoms with Crippen LogP contribution in [-0.2, 0) is 0 Å². The van der Waals surface area contributed by atoms with E-state index >= 15 is 0 Å². The molecule has 0 spiro atoms. The van der Waals surface area contributed by atoms with E-state index < -0.39 is 0 Å². The standard InChI is InChI=1S/C6H11.S.Sn/c1-2-4-6-5-3-1;;/h1H,2-6H2;;. The van der Waals surface area contributed by atoms with Gasteiger partial charge in [-0.15, -0.1) is 0 Å². The molecule has 45 valence electrons. The van der Waals surface area contributed by atoms with Gasteiger partial charge in [0.15, 0.2) is 0 Å². The molecule has 0 aromatic carbocycles. The van der Waals surface area contributed by atoms with Gasteiger partial charge in [-0.05, 0) is 0 Å². The summed E-state index contributed by atoms with van der Waals surface area (Å²) in [5.41, 5.74) is 0. The fraction of sp³-hybridized carbons (Fsp3) is 1.00. The van der Waals surface area contributed by atoms with Crippen molar-refractivity contribution >= 4 is 28.5 Å². The van der Waals surface area contributed by atoms with E-state index in [9.17, 15) is 0 Å². The van der Waals surface area contributed by atoms with Gasteiger partial charge in [-0.25, -0.2) is 0 Å². The second-order valence-electron chi connectivity index (χ2n) is 2.45. The summed E-state index contributed by atoms with van der Waals surface area (Å²) in [4.78, 5) is 0. The molecule has 0 aromatic rings. The molecule has 1 radical (unpaired) electrons. The zero-order chi connectivity index (χ0) is 5.82. The third-order valence-electron chi connectivity index (χ3n) is 1.77. The first-order valence-corrected chi connectivity index (χ1v) is 8.86. The monoisotopic (exact) mass is 235 g/mol. The van der Waals surface area contributed by atoms with Gasteiger partial charge in [-0.2, -0.15) is 0 Å². The van der Waals surface area contributed by atoms with Crippen molar-refractivity contribution in [3.05, 3.63) is 0 Å². The Hall–Kier alpha value is 1.02. The molecule has 0 amide bonds. The molecule has 0 N–H and O–H groups in total. The summed E-state index contributed by atoms with van der Waals surface area (Å²) in [6.45, 7) is 0. The molecule has 0 nitrogen and oxygen atoms in total. The first-order valence-electron chi connectivity index (χ1n) is 3.31. The van der Waals surface area contributed by atoms with E-state index in [1.165, 1.54) is 32.1 Å². The van der Waals surface area contributed by atoms with Crippen LogP contribution in [0.15, 0.2) is 0 Å². The maximum absolute atomic E-state index is 5.14. The van der Waals surface area contributed by atoms with Crippen LogP contribution in [0.5, 0.6) is 0 Å². The summed E-state index contributed by atoms with van der Waals surface area (Å²) >= 11 is -0.283. The number of hydrogen-bond donors (Lipinski definition) is 0. The van der Waals surface area contributed by atoms with Crippen LogP contribution in [0.25, 0.3) is 0 Å². The topological polar surface area (TPSA) is 0 Å². The van der Waals surface area contributed by atoms with E-state index in [-0.39, 0.29) is 19.2 Å². The third-order valence-corrected chi connectivity index (χ3v) is 6.61. The Morgan fingerprint density at radius 1 is 1.12 bits per heavy atom. The zero-order valence-corrected chi connectivity index (χ0v) is 8.69. The van der Waals surface area contributed by atoms with Gasteiger partial charge < -0.3 is 0 Å². The predicted molar refractivity (Wildman–Crippen MR) is 40.2 cm³/mol. The predicted octanol–water partition coefficient (Wildman–Crippen LogP) is 2.56. The molecule has 2 heteroatoms. The Morgan fingerprint density at radius 2 is 1.75 bits per heavy atom. The van der Waals surface area contributed by atoms with Gasteiger partial charge in [0.2, 0.25) is 0 Å². The van der Waals surface area contributed by atoms with Crippen molar-refractivity contribution in [1.29, 1.82) is 0 Å². The molecule has 0 aliphatic heterocycles. The summed E-state index contributed by atoms with van der Waals surface area (Å²) in [5, 5.41) is 0. The molecular formula is C6H11SSn. The Bertz CT molecular complexity index is 76.6. The molecule has 1 saturated carbocycles. The first kappa shape index (κ1) is 7.13. The fourth-order valence-electron chi connectivity index (χ4n) is 1.22. The molecule has 0 atom stereocenters. The summed E-state index contributed by atoms with van der Waals surface area (Å²) < 4.78 is 1.07. The third kappa shape index (κ3) is 2.09. The molecule has 1 aliphatic carbocycles.